The van der Waals surface area contributed by atoms with Gasteiger partial charge in [0.1, 0.15) is 11.9 Å². The molecule has 0 saturated heterocycles. The van der Waals surface area contributed by atoms with Crippen molar-refractivity contribution in [2.75, 3.05) is 5.75 Å². The molecular formula is C14H16FNOS. The standard InChI is InChI=1S/C14H16FNOS/c15-14-12(8-16)6-3-7-13(14)10-18(17)9-11-4-1-2-5-11/h3,6-7,11H,1-2,4-5,9-10H2. The van der Waals surface area contributed by atoms with Gasteiger partial charge in [0.05, 0.1) is 11.3 Å². The molecule has 1 saturated carbocycles. The molecule has 1 aliphatic carbocycles. The van der Waals surface area contributed by atoms with Gasteiger partial charge in [-0.05, 0) is 24.8 Å². The molecule has 0 heterocycles. The maximum absolute atomic E-state index is 13.8. The normalized spacial score (nSPS) is 17.6. The van der Waals surface area contributed by atoms with Crippen LogP contribution in [0.4, 0.5) is 4.39 Å². The third-order valence-corrected chi connectivity index (χ3v) is 4.89. The van der Waals surface area contributed by atoms with Crippen molar-refractivity contribution in [1.29, 1.82) is 5.26 Å². The van der Waals surface area contributed by atoms with Crippen LogP contribution in [-0.2, 0) is 16.6 Å². The van der Waals surface area contributed by atoms with Gasteiger partial charge in [0, 0.05) is 22.1 Å². The van der Waals surface area contributed by atoms with Crippen LogP contribution in [0.1, 0.15) is 36.8 Å². The predicted molar refractivity (Wildman–Crippen MR) is 69.8 cm³/mol. The van der Waals surface area contributed by atoms with Crippen molar-refractivity contribution >= 4 is 10.8 Å². The number of hydrogen-bond acceptors (Lipinski definition) is 2. The van der Waals surface area contributed by atoms with E-state index in [-0.39, 0.29) is 11.3 Å². The first-order valence-corrected chi connectivity index (χ1v) is 7.72. The maximum Gasteiger partial charge on any atom is 0.145 e. The van der Waals surface area contributed by atoms with Gasteiger partial charge in [-0.15, -0.1) is 0 Å². The molecule has 2 rings (SSSR count). The average Bonchev–Trinajstić information content (AvgIpc) is 2.84. The highest BCUT2D eigenvalue weighted by atomic mass is 32.2. The second-order valence-electron chi connectivity index (χ2n) is 4.79. The van der Waals surface area contributed by atoms with Crippen molar-refractivity contribution in [2.45, 2.75) is 31.4 Å². The van der Waals surface area contributed by atoms with E-state index in [1.165, 1.54) is 18.9 Å². The lowest BCUT2D eigenvalue weighted by molar-refractivity contribution is 0.598. The Morgan fingerprint density at radius 1 is 1.39 bits per heavy atom. The quantitative estimate of drug-likeness (QED) is 0.839. The summed E-state index contributed by atoms with van der Waals surface area (Å²) >= 11 is 0. The maximum atomic E-state index is 13.8. The Kier molecular flexibility index (Phi) is 4.48. The van der Waals surface area contributed by atoms with Gasteiger partial charge in [0.2, 0.25) is 0 Å². The molecule has 0 aliphatic heterocycles. The van der Waals surface area contributed by atoms with E-state index in [0.717, 1.165) is 12.8 Å². The summed E-state index contributed by atoms with van der Waals surface area (Å²) in [5.74, 6) is 0.904. The summed E-state index contributed by atoms with van der Waals surface area (Å²) in [5, 5.41) is 8.74. The number of rotatable bonds is 4. The monoisotopic (exact) mass is 265 g/mol. The molecule has 0 aromatic heterocycles. The summed E-state index contributed by atoms with van der Waals surface area (Å²) < 4.78 is 25.8. The van der Waals surface area contributed by atoms with E-state index >= 15 is 0 Å². The van der Waals surface area contributed by atoms with Gasteiger partial charge in [0.15, 0.2) is 0 Å². The first kappa shape index (κ1) is 13.2. The molecule has 18 heavy (non-hydrogen) atoms. The Balaban J connectivity index is 2.00. The smallest absolute Gasteiger partial charge is 0.145 e. The molecule has 0 radical (unpaired) electrons. The lowest BCUT2D eigenvalue weighted by Gasteiger charge is -2.09. The molecule has 0 N–H and O–H groups in total. The molecule has 4 heteroatoms. The summed E-state index contributed by atoms with van der Waals surface area (Å²) in [4.78, 5) is 0. The molecule has 0 bridgehead atoms. The average molecular weight is 265 g/mol. The summed E-state index contributed by atoms with van der Waals surface area (Å²) in [6.07, 6.45) is 4.74. The van der Waals surface area contributed by atoms with E-state index in [4.69, 9.17) is 5.26 Å². The van der Waals surface area contributed by atoms with Crippen LogP contribution in [0.5, 0.6) is 0 Å². The van der Waals surface area contributed by atoms with Crippen LogP contribution < -0.4 is 0 Å². The molecule has 1 unspecified atom stereocenters. The minimum Gasteiger partial charge on any atom is -0.259 e. The van der Waals surface area contributed by atoms with Crippen LogP contribution in [0, 0.1) is 23.1 Å². The van der Waals surface area contributed by atoms with Crippen LogP contribution in [0.3, 0.4) is 0 Å². The van der Waals surface area contributed by atoms with E-state index in [1.54, 1.807) is 12.1 Å². The highest BCUT2D eigenvalue weighted by Gasteiger charge is 2.19. The summed E-state index contributed by atoms with van der Waals surface area (Å²) in [5.41, 5.74) is 0.427. The van der Waals surface area contributed by atoms with E-state index in [2.05, 4.69) is 0 Å². The molecule has 0 spiro atoms. The van der Waals surface area contributed by atoms with Gasteiger partial charge in [-0.2, -0.15) is 5.26 Å². The minimum absolute atomic E-state index is 0.0327. The van der Waals surface area contributed by atoms with Gasteiger partial charge in [0.25, 0.3) is 0 Å². The molecular weight excluding hydrogens is 249 g/mol. The Labute approximate surface area is 109 Å². The highest BCUT2D eigenvalue weighted by molar-refractivity contribution is 7.84. The Bertz CT molecular complexity index is 489. The number of benzene rings is 1. The van der Waals surface area contributed by atoms with Crippen LogP contribution in [0.25, 0.3) is 0 Å². The Morgan fingerprint density at radius 3 is 2.78 bits per heavy atom. The third kappa shape index (κ3) is 3.17. The fourth-order valence-corrected chi connectivity index (χ4v) is 4.00. The van der Waals surface area contributed by atoms with E-state index in [9.17, 15) is 8.60 Å². The van der Waals surface area contributed by atoms with Crippen molar-refractivity contribution in [1.82, 2.24) is 0 Å². The summed E-state index contributed by atoms with van der Waals surface area (Å²) in [6.45, 7) is 0. The SMILES string of the molecule is N#Cc1cccc(CS(=O)CC2CCCC2)c1F. The zero-order chi connectivity index (χ0) is 13.0. The molecule has 0 amide bonds. The summed E-state index contributed by atoms with van der Waals surface area (Å²) in [6, 6.07) is 6.51. The first-order chi connectivity index (χ1) is 8.70. The third-order valence-electron chi connectivity index (χ3n) is 3.41. The van der Waals surface area contributed by atoms with E-state index in [0.29, 0.717) is 17.2 Å². The fourth-order valence-electron chi connectivity index (χ4n) is 2.45. The van der Waals surface area contributed by atoms with Crippen molar-refractivity contribution < 1.29 is 8.60 Å². The Hall–Kier alpha value is -1.21. The molecule has 1 fully saturated rings. The van der Waals surface area contributed by atoms with Gasteiger partial charge in [-0.1, -0.05) is 25.0 Å². The van der Waals surface area contributed by atoms with Gasteiger partial charge < -0.3 is 0 Å². The molecule has 1 atom stereocenters. The van der Waals surface area contributed by atoms with Gasteiger partial charge in [-0.3, -0.25) is 4.21 Å². The van der Waals surface area contributed by atoms with Crippen LogP contribution in [-0.4, -0.2) is 9.96 Å². The zero-order valence-electron chi connectivity index (χ0n) is 10.2. The van der Waals surface area contributed by atoms with Crippen molar-refractivity contribution in [3.05, 3.63) is 35.1 Å². The van der Waals surface area contributed by atoms with E-state index in [1.807, 2.05) is 6.07 Å². The fraction of sp³-hybridized carbons (Fsp3) is 0.500. The molecule has 2 nitrogen and oxygen atoms in total. The lowest BCUT2D eigenvalue weighted by atomic mass is 10.1. The molecule has 96 valence electrons. The van der Waals surface area contributed by atoms with Gasteiger partial charge >= 0.3 is 0 Å². The van der Waals surface area contributed by atoms with Gasteiger partial charge in [-0.25, -0.2) is 4.39 Å². The molecule has 1 aromatic rings. The second kappa shape index (κ2) is 6.10. The van der Waals surface area contributed by atoms with Crippen LogP contribution in [0.2, 0.25) is 0 Å². The van der Waals surface area contributed by atoms with Crippen LogP contribution >= 0.6 is 0 Å². The number of nitrogens with zero attached hydrogens (tertiary/aromatic N) is 1. The van der Waals surface area contributed by atoms with Crippen molar-refractivity contribution in [3.8, 4) is 6.07 Å². The number of halogens is 1. The second-order valence-corrected chi connectivity index (χ2v) is 6.29. The molecule has 1 aliphatic rings. The minimum atomic E-state index is -1.03. The number of hydrogen-bond donors (Lipinski definition) is 0. The topological polar surface area (TPSA) is 40.9 Å². The predicted octanol–water partition coefficient (Wildman–Crippen LogP) is 3.14. The lowest BCUT2D eigenvalue weighted by Crippen LogP contribution is -2.10. The van der Waals surface area contributed by atoms with Crippen LogP contribution in [0.15, 0.2) is 18.2 Å². The van der Waals surface area contributed by atoms with E-state index < -0.39 is 16.6 Å². The highest BCUT2D eigenvalue weighted by Crippen LogP contribution is 2.26. The van der Waals surface area contributed by atoms with Crippen molar-refractivity contribution in [2.24, 2.45) is 5.92 Å². The van der Waals surface area contributed by atoms with Crippen molar-refractivity contribution in [3.63, 3.8) is 0 Å². The number of nitriles is 1. The molecule has 1 aromatic carbocycles. The first-order valence-electron chi connectivity index (χ1n) is 6.23. The summed E-state index contributed by atoms with van der Waals surface area (Å²) in [7, 11) is -1.03. The largest absolute Gasteiger partial charge is 0.259 e. The zero-order valence-corrected chi connectivity index (χ0v) is 11.0. The Morgan fingerprint density at radius 2 is 2.11 bits per heavy atom.